The Bertz CT molecular complexity index is 584. The van der Waals surface area contributed by atoms with Crippen LogP contribution in [0.4, 0.5) is 0 Å². The first-order valence-corrected chi connectivity index (χ1v) is 7.28. The summed E-state index contributed by atoms with van der Waals surface area (Å²) in [4.78, 5) is 18.7. The maximum absolute atomic E-state index is 12.3. The van der Waals surface area contributed by atoms with E-state index in [9.17, 15) is 4.79 Å². The Labute approximate surface area is 110 Å². The molecular formula is C14H16N2OS. The molecule has 0 saturated carbocycles. The van der Waals surface area contributed by atoms with Crippen molar-refractivity contribution in [2.75, 3.05) is 13.1 Å². The molecule has 94 valence electrons. The molecule has 0 bridgehead atoms. The lowest BCUT2D eigenvalue weighted by Gasteiger charge is -2.14. The van der Waals surface area contributed by atoms with Crippen LogP contribution in [0.5, 0.6) is 0 Å². The summed E-state index contributed by atoms with van der Waals surface area (Å²) >= 11 is 1.69. The SMILES string of the molecule is CCc1nc2ccc(C(=O)N3CCCC3)cc2s1. The van der Waals surface area contributed by atoms with Gasteiger partial charge in [0.25, 0.3) is 5.91 Å². The van der Waals surface area contributed by atoms with Gasteiger partial charge in [0.1, 0.15) is 0 Å². The van der Waals surface area contributed by atoms with Gasteiger partial charge < -0.3 is 4.90 Å². The van der Waals surface area contributed by atoms with E-state index in [-0.39, 0.29) is 5.91 Å². The van der Waals surface area contributed by atoms with E-state index in [4.69, 9.17) is 0 Å². The first-order valence-electron chi connectivity index (χ1n) is 6.46. The lowest BCUT2D eigenvalue weighted by molar-refractivity contribution is 0.0793. The van der Waals surface area contributed by atoms with E-state index in [1.165, 1.54) is 0 Å². The second kappa shape index (κ2) is 4.69. The van der Waals surface area contributed by atoms with Crippen LogP contribution >= 0.6 is 11.3 Å². The molecule has 18 heavy (non-hydrogen) atoms. The van der Waals surface area contributed by atoms with E-state index < -0.39 is 0 Å². The van der Waals surface area contributed by atoms with Gasteiger partial charge in [-0.3, -0.25) is 4.79 Å². The molecule has 1 aromatic heterocycles. The molecule has 3 rings (SSSR count). The van der Waals surface area contributed by atoms with E-state index in [1.54, 1.807) is 11.3 Å². The van der Waals surface area contributed by atoms with Gasteiger partial charge in [0.2, 0.25) is 0 Å². The molecule has 1 fully saturated rings. The Morgan fingerprint density at radius 2 is 2.17 bits per heavy atom. The van der Waals surface area contributed by atoms with Crippen molar-refractivity contribution >= 4 is 27.5 Å². The fourth-order valence-corrected chi connectivity index (χ4v) is 3.31. The van der Waals surface area contributed by atoms with E-state index in [2.05, 4.69) is 11.9 Å². The van der Waals surface area contributed by atoms with Crippen LogP contribution in [0.1, 0.15) is 35.1 Å². The maximum Gasteiger partial charge on any atom is 0.253 e. The summed E-state index contributed by atoms with van der Waals surface area (Å²) < 4.78 is 1.12. The minimum atomic E-state index is 0.167. The summed E-state index contributed by atoms with van der Waals surface area (Å²) in [5, 5.41) is 1.13. The lowest BCUT2D eigenvalue weighted by atomic mass is 10.2. The Kier molecular flexibility index (Phi) is 3.04. The zero-order valence-corrected chi connectivity index (χ0v) is 11.3. The zero-order valence-electron chi connectivity index (χ0n) is 10.5. The number of rotatable bonds is 2. The smallest absolute Gasteiger partial charge is 0.253 e. The number of carbonyl (C=O) groups is 1. The highest BCUT2D eigenvalue weighted by Crippen LogP contribution is 2.24. The standard InChI is InChI=1S/C14H16N2OS/c1-2-13-15-11-6-5-10(9-12(11)18-13)14(17)16-7-3-4-8-16/h5-6,9H,2-4,7-8H2,1H3. The average molecular weight is 260 g/mol. The predicted molar refractivity (Wildman–Crippen MR) is 74.1 cm³/mol. The highest BCUT2D eigenvalue weighted by molar-refractivity contribution is 7.18. The molecule has 0 unspecified atom stereocenters. The van der Waals surface area contributed by atoms with Gasteiger partial charge in [-0.1, -0.05) is 6.92 Å². The maximum atomic E-state index is 12.3. The number of hydrogen-bond acceptors (Lipinski definition) is 3. The quantitative estimate of drug-likeness (QED) is 0.831. The van der Waals surface area contributed by atoms with Crippen molar-refractivity contribution in [1.82, 2.24) is 9.88 Å². The van der Waals surface area contributed by atoms with E-state index >= 15 is 0 Å². The van der Waals surface area contributed by atoms with Crippen molar-refractivity contribution in [2.45, 2.75) is 26.2 Å². The predicted octanol–water partition coefficient (Wildman–Crippen LogP) is 3.09. The second-order valence-corrected chi connectivity index (χ2v) is 5.76. The molecule has 1 amide bonds. The van der Waals surface area contributed by atoms with Crippen molar-refractivity contribution in [3.63, 3.8) is 0 Å². The molecule has 1 aromatic carbocycles. The molecule has 4 heteroatoms. The van der Waals surface area contributed by atoms with Crippen molar-refractivity contribution < 1.29 is 4.79 Å². The average Bonchev–Trinajstić information content (AvgIpc) is 3.05. The summed E-state index contributed by atoms with van der Waals surface area (Å²) in [6.45, 7) is 3.91. The van der Waals surface area contributed by atoms with Crippen LogP contribution in [0.2, 0.25) is 0 Å². The number of thiazole rings is 1. The summed E-state index contributed by atoms with van der Waals surface area (Å²) in [6, 6.07) is 5.86. The number of likely N-dealkylation sites (tertiary alicyclic amines) is 1. The van der Waals surface area contributed by atoms with Gasteiger partial charge in [-0.05, 0) is 37.5 Å². The fraction of sp³-hybridized carbons (Fsp3) is 0.429. The molecule has 3 nitrogen and oxygen atoms in total. The van der Waals surface area contributed by atoms with Gasteiger partial charge in [0, 0.05) is 18.7 Å². The van der Waals surface area contributed by atoms with Gasteiger partial charge in [-0.2, -0.15) is 0 Å². The Hall–Kier alpha value is -1.42. The molecule has 1 saturated heterocycles. The lowest BCUT2D eigenvalue weighted by Crippen LogP contribution is -2.27. The van der Waals surface area contributed by atoms with Crippen LogP contribution in [-0.2, 0) is 6.42 Å². The summed E-state index contributed by atoms with van der Waals surface area (Å²) in [6.07, 6.45) is 3.22. The third-order valence-electron chi connectivity index (χ3n) is 3.38. The number of amides is 1. The topological polar surface area (TPSA) is 33.2 Å². The second-order valence-electron chi connectivity index (χ2n) is 4.64. The molecule has 2 heterocycles. The number of benzene rings is 1. The zero-order chi connectivity index (χ0) is 12.5. The third kappa shape index (κ3) is 2.01. The van der Waals surface area contributed by atoms with Crippen LogP contribution < -0.4 is 0 Å². The number of nitrogens with zero attached hydrogens (tertiary/aromatic N) is 2. The Morgan fingerprint density at radius 3 is 2.89 bits per heavy atom. The minimum Gasteiger partial charge on any atom is -0.339 e. The van der Waals surface area contributed by atoms with Crippen LogP contribution in [-0.4, -0.2) is 28.9 Å². The summed E-state index contributed by atoms with van der Waals surface area (Å²) in [5.41, 5.74) is 1.81. The first-order chi connectivity index (χ1) is 8.78. The Morgan fingerprint density at radius 1 is 1.39 bits per heavy atom. The molecule has 2 aromatic rings. The van der Waals surface area contributed by atoms with E-state index in [0.29, 0.717) is 0 Å². The number of carbonyl (C=O) groups excluding carboxylic acids is 1. The monoisotopic (exact) mass is 260 g/mol. The molecule has 0 radical (unpaired) electrons. The van der Waals surface area contributed by atoms with Crippen LogP contribution in [0.25, 0.3) is 10.2 Å². The number of aromatic nitrogens is 1. The molecule has 0 N–H and O–H groups in total. The number of aryl methyl sites for hydroxylation is 1. The van der Waals surface area contributed by atoms with Crippen LogP contribution in [0, 0.1) is 0 Å². The largest absolute Gasteiger partial charge is 0.339 e. The minimum absolute atomic E-state index is 0.167. The number of hydrogen-bond donors (Lipinski definition) is 0. The third-order valence-corrected chi connectivity index (χ3v) is 4.54. The van der Waals surface area contributed by atoms with Crippen LogP contribution in [0.15, 0.2) is 18.2 Å². The van der Waals surface area contributed by atoms with Gasteiger partial charge >= 0.3 is 0 Å². The Balaban J connectivity index is 1.94. The highest BCUT2D eigenvalue weighted by atomic mass is 32.1. The van der Waals surface area contributed by atoms with Crippen LogP contribution in [0.3, 0.4) is 0 Å². The van der Waals surface area contributed by atoms with Crippen molar-refractivity contribution in [2.24, 2.45) is 0 Å². The molecule has 1 aliphatic rings. The van der Waals surface area contributed by atoms with Crippen molar-refractivity contribution in [1.29, 1.82) is 0 Å². The first kappa shape index (κ1) is 11.7. The summed E-state index contributed by atoms with van der Waals surface area (Å²) in [5.74, 6) is 0.167. The van der Waals surface area contributed by atoms with Crippen molar-refractivity contribution in [3.05, 3.63) is 28.8 Å². The molecule has 0 aliphatic carbocycles. The fourth-order valence-electron chi connectivity index (χ4n) is 2.36. The van der Waals surface area contributed by atoms with Crippen molar-refractivity contribution in [3.8, 4) is 0 Å². The van der Waals surface area contributed by atoms with E-state index in [0.717, 1.165) is 53.1 Å². The van der Waals surface area contributed by atoms with E-state index in [1.807, 2.05) is 23.1 Å². The molecule has 0 atom stereocenters. The van der Waals surface area contributed by atoms with Gasteiger partial charge in [-0.15, -0.1) is 11.3 Å². The summed E-state index contributed by atoms with van der Waals surface area (Å²) in [7, 11) is 0. The van der Waals surface area contributed by atoms with Gasteiger partial charge in [0.15, 0.2) is 0 Å². The molecule has 1 aliphatic heterocycles. The normalized spacial score (nSPS) is 15.5. The number of fused-ring (bicyclic) bond motifs is 1. The highest BCUT2D eigenvalue weighted by Gasteiger charge is 2.19. The molecule has 0 spiro atoms. The molecular weight excluding hydrogens is 244 g/mol. The van der Waals surface area contributed by atoms with Gasteiger partial charge in [0.05, 0.1) is 15.2 Å². The van der Waals surface area contributed by atoms with Gasteiger partial charge in [-0.25, -0.2) is 4.98 Å².